The monoisotopic (exact) mass is 540 g/mol. The fraction of sp³-hybridized carbons (Fsp3) is 0.462. The molecule has 1 saturated heterocycles. The fourth-order valence-corrected chi connectivity index (χ4v) is 5.68. The van der Waals surface area contributed by atoms with Crippen LogP contribution in [-0.4, -0.2) is 43.5 Å². The largest absolute Gasteiger partial charge is 0.416 e. The van der Waals surface area contributed by atoms with Crippen LogP contribution in [0.25, 0.3) is 0 Å². The van der Waals surface area contributed by atoms with Gasteiger partial charge in [-0.15, -0.1) is 0 Å². The number of hydrogen-bond acceptors (Lipinski definition) is 4. The molecule has 1 aliphatic heterocycles. The molecule has 1 unspecified atom stereocenters. The second-order valence-electron chi connectivity index (χ2n) is 9.80. The van der Waals surface area contributed by atoms with Gasteiger partial charge in [0.15, 0.2) is 9.84 Å². The first-order valence-electron chi connectivity index (χ1n) is 12.1. The molecule has 200 valence electrons. The molecule has 0 radical (unpaired) electrons. The molecule has 2 aromatic carbocycles. The zero-order valence-electron chi connectivity index (χ0n) is 20.4. The van der Waals surface area contributed by atoms with E-state index in [2.05, 4.69) is 5.32 Å². The van der Waals surface area contributed by atoms with Crippen LogP contribution in [0.3, 0.4) is 0 Å². The number of amides is 2. The number of likely N-dealkylation sites (tertiary alicyclic amines) is 1. The molecule has 1 heterocycles. The van der Waals surface area contributed by atoms with Gasteiger partial charge in [-0.3, -0.25) is 9.59 Å². The van der Waals surface area contributed by atoms with Crippen molar-refractivity contribution in [1.29, 1.82) is 0 Å². The molecule has 2 aliphatic rings. The Labute approximate surface area is 213 Å². The molecule has 2 aromatic rings. The van der Waals surface area contributed by atoms with E-state index in [1.807, 2.05) is 6.92 Å². The van der Waals surface area contributed by atoms with Crippen LogP contribution in [0.1, 0.15) is 60.6 Å². The highest BCUT2D eigenvalue weighted by atomic mass is 32.2. The standard InChI is InChI=1S/C26H28F4N2O4S/c1-3-37(35,36)19-6-4-5-17(12-19)25(34)32-14-15(2)11-22(32)24(33)31-23(16-7-8-16)20-10-9-18(13-21(20)27)26(28,29)30/h4-6,9-10,12-13,15-16,22-23H,3,7-8,11,14H2,1-2H3,(H,31,33)/t15-,22?,23-/m1/s1. The maximum Gasteiger partial charge on any atom is 0.416 e. The number of carbonyl (C=O) groups excluding carboxylic acids is 2. The number of alkyl halides is 3. The van der Waals surface area contributed by atoms with Crippen molar-refractivity contribution in [2.75, 3.05) is 12.3 Å². The topological polar surface area (TPSA) is 83.6 Å². The first kappa shape index (κ1) is 27.1. The van der Waals surface area contributed by atoms with Gasteiger partial charge in [0.05, 0.1) is 22.3 Å². The van der Waals surface area contributed by atoms with E-state index in [1.165, 1.54) is 36.1 Å². The minimum absolute atomic E-state index is 0.0145. The molecule has 0 aromatic heterocycles. The van der Waals surface area contributed by atoms with Gasteiger partial charge in [-0.2, -0.15) is 13.2 Å². The summed E-state index contributed by atoms with van der Waals surface area (Å²) in [7, 11) is -3.54. The summed E-state index contributed by atoms with van der Waals surface area (Å²) in [4.78, 5) is 28.1. The van der Waals surface area contributed by atoms with Crippen LogP contribution in [0.4, 0.5) is 17.6 Å². The van der Waals surface area contributed by atoms with Crippen LogP contribution in [-0.2, 0) is 20.8 Å². The summed E-state index contributed by atoms with van der Waals surface area (Å²) >= 11 is 0. The molecule has 37 heavy (non-hydrogen) atoms. The van der Waals surface area contributed by atoms with Gasteiger partial charge in [0, 0.05) is 17.7 Å². The number of benzene rings is 2. The van der Waals surface area contributed by atoms with Crippen molar-refractivity contribution in [2.45, 2.75) is 56.3 Å². The van der Waals surface area contributed by atoms with E-state index in [4.69, 9.17) is 0 Å². The smallest absolute Gasteiger partial charge is 0.347 e. The number of nitrogens with zero attached hydrogens (tertiary/aromatic N) is 1. The summed E-state index contributed by atoms with van der Waals surface area (Å²) in [5.41, 5.74) is -0.998. The van der Waals surface area contributed by atoms with Gasteiger partial charge < -0.3 is 10.2 Å². The Bertz CT molecular complexity index is 1310. The lowest BCUT2D eigenvalue weighted by molar-refractivity contribution is -0.137. The Hall–Kier alpha value is -2.95. The zero-order chi connectivity index (χ0) is 27.1. The zero-order valence-corrected chi connectivity index (χ0v) is 21.2. The number of carbonyl (C=O) groups is 2. The summed E-state index contributed by atoms with van der Waals surface area (Å²) in [6.45, 7) is 3.64. The Kier molecular flexibility index (Phi) is 7.38. The number of hydrogen-bond donors (Lipinski definition) is 1. The van der Waals surface area contributed by atoms with E-state index in [0.29, 0.717) is 25.3 Å². The van der Waals surface area contributed by atoms with Gasteiger partial charge >= 0.3 is 6.18 Å². The molecule has 1 N–H and O–H groups in total. The van der Waals surface area contributed by atoms with Crippen LogP contribution in [0, 0.1) is 17.7 Å². The maximum atomic E-state index is 14.7. The Morgan fingerprint density at radius 2 is 1.84 bits per heavy atom. The van der Waals surface area contributed by atoms with Crippen molar-refractivity contribution in [2.24, 2.45) is 11.8 Å². The van der Waals surface area contributed by atoms with E-state index < -0.39 is 51.3 Å². The first-order chi connectivity index (χ1) is 17.3. The van der Waals surface area contributed by atoms with Crippen molar-refractivity contribution >= 4 is 21.7 Å². The van der Waals surface area contributed by atoms with Crippen molar-refractivity contribution < 1.29 is 35.6 Å². The lowest BCUT2D eigenvalue weighted by atomic mass is 9.98. The van der Waals surface area contributed by atoms with E-state index in [0.717, 1.165) is 12.1 Å². The molecule has 2 amide bonds. The third-order valence-electron chi connectivity index (χ3n) is 6.95. The van der Waals surface area contributed by atoms with Crippen molar-refractivity contribution in [3.63, 3.8) is 0 Å². The molecule has 6 nitrogen and oxygen atoms in total. The molecule has 2 fully saturated rings. The first-order valence-corrected chi connectivity index (χ1v) is 13.8. The van der Waals surface area contributed by atoms with Crippen LogP contribution in [0.5, 0.6) is 0 Å². The number of halogens is 4. The highest BCUT2D eigenvalue weighted by Gasteiger charge is 2.42. The minimum atomic E-state index is -4.69. The summed E-state index contributed by atoms with van der Waals surface area (Å²) in [6, 6.07) is 6.25. The van der Waals surface area contributed by atoms with E-state index in [9.17, 15) is 35.6 Å². The third kappa shape index (κ3) is 5.81. The Morgan fingerprint density at radius 3 is 2.43 bits per heavy atom. The summed E-state index contributed by atoms with van der Waals surface area (Å²) in [5.74, 6) is -2.33. The van der Waals surface area contributed by atoms with Crippen LogP contribution < -0.4 is 5.32 Å². The fourth-order valence-electron chi connectivity index (χ4n) is 4.76. The Balaban J connectivity index is 1.57. The molecular formula is C26H28F4N2O4S. The van der Waals surface area contributed by atoms with Gasteiger partial charge in [0.2, 0.25) is 5.91 Å². The molecular weight excluding hydrogens is 512 g/mol. The summed E-state index contributed by atoms with van der Waals surface area (Å²) in [6.07, 6.45) is -2.97. The molecule has 0 bridgehead atoms. The van der Waals surface area contributed by atoms with E-state index >= 15 is 0 Å². The van der Waals surface area contributed by atoms with Gasteiger partial charge in [-0.1, -0.05) is 26.0 Å². The molecule has 1 saturated carbocycles. The molecule has 3 atom stereocenters. The lowest BCUT2D eigenvalue weighted by Crippen LogP contribution is -2.47. The average molecular weight is 541 g/mol. The molecule has 4 rings (SSSR count). The molecule has 0 spiro atoms. The van der Waals surface area contributed by atoms with Crippen LogP contribution in [0.15, 0.2) is 47.4 Å². The van der Waals surface area contributed by atoms with E-state index in [-0.39, 0.29) is 40.2 Å². The summed E-state index contributed by atoms with van der Waals surface area (Å²) in [5, 5.41) is 2.79. The van der Waals surface area contributed by atoms with Crippen molar-refractivity contribution in [3.8, 4) is 0 Å². The maximum absolute atomic E-state index is 14.7. The normalized spacial score (nSPS) is 21.1. The van der Waals surface area contributed by atoms with Crippen LogP contribution >= 0.6 is 0 Å². The number of nitrogens with one attached hydrogen (secondary N) is 1. The van der Waals surface area contributed by atoms with Gasteiger partial charge in [0.1, 0.15) is 11.9 Å². The minimum Gasteiger partial charge on any atom is -0.347 e. The predicted octanol–water partition coefficient (Wildman–Crippen LogP) is 4.76. The second-order valence-corrected chi connectivity index (χ2v) is 12.1. The van der Waals surface area contributed by atoms with Gasteiger partial charge in [-0.25, -0.2) is 12.8 Å². The number of sulfone groups is 1. The Morgan fingerprint density at radius 1 is 1.14 bits per heavy atom. The third-order valence-corrected chi connectivity index (χ3v) is 8.68. The molecule has 11 heteroatoms. The highest BCUT2D eigenvalue weighted by molar-refractivity contribution is 7.91. The van der Waals surface area contributed by atoms with E-state index in [1.54, 1.807) is 0 Å². The average Bonchev–Trinajstić information content (AvgIpc) is 3.62. The van der Waals surface area contributed by atoms with Gasteiger partial charge in [0.25, 0.3) is 5.91 Å². The summed E-state index contributed by atoms with van der Waals surface area (Å²) < 4.78 is 78.2. The van der Waals surface area contributed by atoms with Gasteiger partial charge in [-0.05, 0) is 61.4 Å². The second kappa shape index (κ2) is 10.1. The quantitative estimate of drug-likeness (QED) is 0.514. The molecule has 1 aliphatic carbocycles. The lowest BCUT2D eigenvalue weighted by Gasteiger charge is -2.27. The predicted molar refractivity (Wildman–Crippen MR) is 128 cm³/mol. The van der Waals surface area contributed by atoms with Crippen LogP contribution in [0.2, 0.25) is 0 Å². The van der Waals surface area contributed by atoms with Crippen molar-refractivity contribution in [1.82, 2.24) is 10.2 Å². The number of rotatable bonds is 7. The highest BCUT2D eigenvalue weighted by Crippen LogP contribution is 2.43. The van der Waals surface area contributed by atoms with Crippen molar-refractivity contribution in [3.05, 3.63) is 65.0 Å². The SMILES string of the molecule is CCS(=O)(=O)c1cccc(C(=O)N2C[C@H](C)CC2C(=O)N[C@@H](c2ccc(C(F)(F)F)cc2F)C2CC2)c1.